The van der Waals surface area contributed by atoms with E-state index in [1.54, 1.807) is 11.3 Å². The third-order valence-electron chi connectivity index (χ3n) is 6.65. The van der Waals surface area contributed by atoms with Gasteiger partial charge in [-0.3, -0.25) is 0 Å². The molecule has 1 saturated heterocycles. The van der Waals surface area contributed by atoms with Crippen molar-refractivity contribution in [1.29, 1.82) is 0 Å². The Kier molecular flexibility index (Phi) is 5.11. The van der Waals surface area contributed by atoms with Crippen molar-refractivity contribution < 1.29 is 9.53 Å². The van der Waals surface area contributed by atoms with Crippen LogP contribution in [0.1, 0.15) is 44.1 Å². The van der Waals surface area contributed by atoms with Crippen molar-refractivity contribution in [1.82, 2.24) is 9.88 Å². The summed E-state index contributed by atoms with van der Waals surface area (Å²) < 4.78 is 5.57. The van der Waals surface area contributed by atoms with Gasteiger partial charge < -0.3 is 14.5 Å². The van der Waals surface area contributed by atoms with Crippen LogP contribution in [0.3, 0.4) is 0 Å². The lowest BCUT2D eigenvalue weighted by molar-refractivity contribution is -0.140. The number of aromatic nitrogens is 1. The molecular weight excluding hydrogens is 396 g/mol. The maximum absolute atomic E-state index is 12.5. The van der Waals surface area contributed by atoms with Crippen molar-refractivity contribution >= 4 is 28.3 Å². The molecule has 158 valence electrons. The number of carbonyl (C=O) groups excluding carboxylic acids is 1. The van der Waals surface area contributed by atoms with E-state index in [9.17, 15) is 4.79 Å². The summed E-state index contributed by atoms with van der Waals surface area (Å²) in [6.07, 6.45) is 6.06. The highest BCUT2D eigenvalue weighted by atomic mass is 32.1. The largest absolute Gasteiger partial charge is 0.405 e. The number of ether oxygens (including phenoxy) is 1. The number of carbonyl (C=O) groups is 1. The second-order valence-electron chi connectivity index (χ2n) is 8.84. The molecule has 1 unspecified atom stereocenters. The van der Waals surface area contributed by atoms with Crippen LogP contribution >= 0.6 is 11.3 Å². The highest BCUT2D eigenvalue weighted by Crippen LogP contribution is 2.37. The predicted octanol–water partition coefficient (Wildman–Crippen LogP) is 3.96. The predicted molar refractivity (Wildman–Crippen MR) is 120 cm³/mol. The standard InChI is InChI=1S/C23H28N4O2S/c1-26(2)18-10-13-27(14-18)22-24-19(15-30-22)16-6-8-17(9-7-16)20-25-23(21(28)29-20)11-4-3-5-12-23/h6-9,15,18H,3-5,10-14H2,1-2H3. The van der Waals surface area contributed by atoms with E-state index in [0.29, 0.717) is 11.9 Å². The number of nitrogens with zero attached hydrogens (tertiary/aromatic N) is 4. The van der Waals surface area contributed by atoms with Crippen LogP contribution in [0, 0.1) is 0 Å². The third kappa shape index (κ3) is 3.54. The van der Waals surface area contributed by atoms with Crippen molar-refractivity contribution in [3.63, 3.8) is 0 Å². The van der Waals surface area contributed by atoms with E-state index in [1.165, 1.54) is 12.8 Å². The van der Waals surface area contributed by atoms with Gasteiger partial charge in [0.2, 0.25) is 5.90 Å². The SMILES string of the molecule is CN(C)C1CCN(c2nc(-c3ccc(C4=NC5(CCCCC5)C(=O)O4)cc3)cs2)C1. The van der Waals surface area contributed by atoms with Crippen LogP contribution in [-0.2, 0) is 9.53 Å². The minimum atomic E-state index is -0.629. The van der Waals surface area contributed by atoms with Crippen LogP contribution in [-0.4, -0.2) is 60.5 Å². The first-order valence-corrected chi connectivity index (χ1v) is 11.7. The van der Waals surface area contributed by atoms with Crippen LogP contribution in [0.25, 0.3) is 11.3 Å². The van der Waals surface area contributed by atoms with Crippen molar-refractivity contribution in [3.8, 4) is 11.3 Å². The molecule has 1 aliphatic carbocycles. The van der Waals surface area contributed by atoms with Gasteiger partial charge in [-0.05, 0) is 45.5 Å². The van der Waals surface area contributed by atoms with E-state index in [2.05, 4.69) is 29.3 Å². The van der Waals surface area contributed by atoms with E-state index < -0.39 is 5.54 Å². The van der Waals surface area contributed by atoms with E-state index in [4.69, 9.17) is 14.7 Å². The first kappa shape index (κ1) is 19.7. The van der Waals surface area contributed by atoms with Gasteiger partial charge in [-0.2, -0.15) is 0 Å². The Morgan fingerprint density at radius 1 is 1.13 bits per heavy atom. The zero-order valence-electron chi connectivity index (χ0n) is 17.6. The maximum Gasteiger partial charge on any atom is 0.340 e. The Morgan fingerprint density at radius 2 is 1.87 bits per heavy atom. The van der Waals surface area contributed by atoms with Crippen molar-refractivity contribution in [3.05, 3.63) is 35.2 Å². The molecule has 3 heterocycles. The van der Waals surface area contributed by atoms with Crippen LogP contribution in [0.2, 0.25) is 0 Å². The van der Waals surface area contributed by atoms with Gasteiger partial charge in [-0.15, -0.1) is 11.3 Å². The molecule has 0 N–H and O–H groups in total. The van der Waals surface area contributed by atoms with Gasteiger partial charge in [0.1, 0.15) is 0 Å². The number of anilines is 1. The molecule has 0 amide bonds. The Morgan fingerprint density at radius 3 is 2.57 bits per heavy atom. The number of hydrogen-bond acceptors (Lipinski definition) is 7. The quantitative estimate of drug-likeness (QED) is 0.696. The Balaban J connectivity index is 1.31. The number of esters is 1. The number of hydrogen-bond donors (Lipinski definition) is 0. The van der Waals surface area contributed by atoms with Gasteiger partial charge >= 0.3 is 5.97 Å². The summed E-state index contributed by atoms with van der Waals surface area (Å²) in [5, 5.41) is 3.21. The molecule has 3 aliphatic rings. The van der Waals surface area contributed by atoms with E-state index in [-0.39, 0.29) is 5.97 Å². The molecule has 1 saturated carbocycles. The average Bonchev–Trinajstić information content (AvgIpc) is 3.49. The first-order chi connectivity index (χ1) is 14.5. The van der Waals surface area contributed by atoms with Gasteiger partial charge in [-0.1, -0.05) is 31.4 Å². The van der Waals surface area contributed by atoms with Crippen LogP contribution in [0.5, 0.6) is 0 Å². The summed E-state index contributed by atoms with van der Waals surface area (Å²) in [7, 11) is 4.29. The molecule has 6 nitrogen and oxygen atoms in total. The highest BCUT2D eigenvalue weighted by Gasteiger charge is 2.46. The number of benzene rings is 1. The smallest absolute Gasteiger partial charge is 0.340 e. The van der Waals surface area contributed by atoms with Crippen LogP contribution < -0.4 is 4.90 Å². The zero-order valence-corrected chi connectivity index (χ0v) is 18.5. The number of likely N-dealkylation sites (N-methyl/N-ethyl adjacent to an activating group) is 1. The summed E-state index contributed by atoms with van der Waals surface area (Å²) in [6.45, 7) is 2.09. The minimum Gasteiger partial charge on any atom is -0.405 e. The second-order valence-corrected chi connectivity index (χ2v) is 9.68. The molecule has 1 aromatic heterocycles. The summed E-state index contributed by atoms with van der Waals surface area (Å²) in [5.74, 6) is 0.297. The molecule has 2 fully saturated rings. The normalized spacial score (nSPS) is 23.3. The molecule has 2 aliphatic heterocycles. The van der Waals surface area contributed by atoms with Crippen molar-refractivity contribution in [2.75, 3.05) is 32.1 Å². The molecule has 7 heteroatoms. The van der Waals surface area contributed by atoms with E-state index in [1.807, 2.05) is 24.3 Å². The first-order valence-electron chi connectivity index (χ1n) is 10.8. The lowest BCUT2D eigenvalue weighted by Gasteiger charge is -2.25. The Labute approximate surface area is 181 Å². The lowest BCUT2D eigenvalue weighted by Crippen LogP contribution is -2.35. The number of cyclic esters (lactones) is 1. The monoisotopic (exact) mass is 424 g/mol. The van der Waals surface area contributed by atoms with Crippen LogP contribution in [0.4, 0.5) is 5.13 Å². The van der Waals surface area contributed by atoms with Gasteiger partial charge in [0.15, 0.2) is 10.7 Å². The summed E-state index contributed by atoms with van der Waals surface area (Å²) in [6, 6.07) is 8.66. The molecule has 1 spiro atoms. The fraction of sp³-hybridized carbons (Fsp3) is 0.522. The van der Waals surface area contributed by atoms with Gasteiger partial charge in [0.05, 0.1) is 5.69 Å². The highest BCUT2D eigenvalue weighted by molar-refractivity contribution is 7.14. The Hall–Kier alpha value is -2.25. The number of thiazole rings is 1. The molecule has 0 radical (unpaired) electrons. The average molecular weight is 425 g/mol. The van der Waals surface area contributed by atoms with E-state index >= 15 is 0 Å². The second kappa shape index (κ2) is 7.78. The van der Waals surface area contributed by atoms with Crippen molar-refractivity contribution in [2.45, 2.75) is 50.1 Å². The summed E-state index contributed by atoms with van der Waals surface area (Å²) in [4.78, 5) is 26.7. The maximum atomic E-state index is 12.5. The zero-order chi connectivity index (χ0) is 20.7. The van der Waals surface area contributed by atoms with Gasteiger partial charge in [0, 0.05) is 35.6 Å². The topological polar surface area (TPSA) is 58.0 Å². The summed E-state index contributed by atoms with van der Waals surface area (Å²) >= 11 is 1.70. The van der Waals surface area contributed by atoms with E-state index in [0.717, 1.165) is 60.7 Å². The molecule has 5 rings (SSSR count). The van der Waals surface area contributed by atoms with Gasteiger partial charge in [0.25, 0.3) is 0 Å². The molecule has 2 aromatic rings. The van der Waals surface area contributed by atoms with Crippen molar-refractivity contribution in [2.24, 2.45) is 4.99 Å². The molecule has 30 heavy (non-hydrogen) atoms. The third-order valence-corrected chi connectivity index (χ3v) is 7.55. The summed E-state index contributed by atoms with van der Waals surface area (Å²) in [5.41, 5.74) is 2.29. The fourth-order valence-corrected chi connectivity index (χ4v) is 5.56. The number of aliphatic imine (C=N–C) groups is 1. The Bertz CT molecular complexity index is 960. The molecule has 1 atom stereocenters. The van der Waals surface area contributed by atoms with Gasteiger partial charge in [-0.25, -0.2) is 14.8 Å². The van der Waals surface area contributed by atoms with Crippen LogP contribution in [0.15, 0.2) is 34.6 Å². The minimum absolute atomic E-state index is 0.174. The molecule has 0 bridgehead atoms. The molecule has 1 aromatic carbocycles. The fourth-order valence-electron chi connectivity index (χ4n) is 4.68. The lowest BCUT2D eigenvalue weighted by atomic mass is 9.83. The number of rotatable bonds is 4. The molecular formula is C23H28N4O2S.